The molecule has 1 N–H and O–H groups in total. The van der Waals surface area contributed by atoms with E-state index in [1.165, 1.54) is 5.56 Å². The fourth-order valence-electron chi connectivity index (χ4n) is 1.57. The van der Waals surface area contributed by atoms with Gasteiger partial charge in [0, 0.05) is 0 Å². The van der Waals surface area contributed by atoms with Gasteiger partial charge in [-0.05, 0) is 52.9 Å². The molecule has 0 aliphatic heterocycles. The van der Waals surface area contributed by atoms with Crippen LogP contribution in [-0.4, -0.2) is 5.11 Å². The summed E-state index contributed by atoms with van der Waals surface area (Å²) in [6.45, 7) is 3.87. The minimum Gasteiger partial charge on any atom is -0.507 e. The van der Waals surface area contributed by atoms with Crippen molar-refractivity contribution in [3.8, 4) is 16.9 Å². The molecular weight excluding hydrogens is 192 g/mol. The third kappa shape index (κ3) is 1.42. The molecular formula is C12H12OS. The summed E-state index contributed by atoms with van der Waals surface area (Å²) < 4.78 is 0. The second-order valence-electron chi connectivity index (χ2n) is 3.42. The third-order valence-corrected chi connectivity index (χ3v) is 3.15. The monoisotopic (exact) mass is 204 g/mol. The molecule has 1 aromatic heterocycles. The summed E-state index contributed by atoms with van der Waals surface area (Å²) in [6.07, 6.45) is 0. The van der Waals surface area contributed by atoms with Gasteiger partial charge in [-0.1, -0.05) is 12.1 Å². The lowest BCUT2D eigenvalue weighted by atomic mass is 10.00. The summed E-state index contributed by atoms with van der Waals surface area (Å²) in [5.41, 5.74) is 4.20. The first-order chi connectivity index (χ1) is 6.70. The molecule has 72 valence electrons. The number of aryl methyl sites for hydroxylation is 1. The van der Waals surface area contributed by atoms with E-state index >= 15 is 0 Å². The Labute approximate surface area is 87.7 Å². The molecule has 0 atom stereocenters. The van der Waals surface area contributed by atoms with Crippen LogP contribution in [0.25, 0.3) is 11.1 Å². The number of thiophene rings is 1. The molecule has 2 aromatic rings. The first kappa shape index (κ1) is 9.28. The van der Waals surface area contributed by atoms with E-state index in [4.69, 9.17) is 0 Å². The van der Waals surface area contributed by atoms with E-state index in [-0.39, 0.29) is 0 Å². The molecule has 1 heterocycles. The van der Waals surface area contributed by atoms with Crippen molar-refractivity contribution < 1.29 is 5.11 Å². The molecule has 0 amide bonds. The van der Waals surface area contributed by atoms with Gasteiger partial charge in [0.1, 0.15) is 5.75 Å². The highest BCUT2D eigenvalue weighted by Crippen LogP contribution is 2.32. The van der Waals surface area contributed by atoms with Crippen molar-refractivity contribution >= 4 is 11.3 Å². The van der Waals surface area contributed by atoms with Gasteiger partial charge in [0.25, 0.3) is 0 Å². The van der Waals surface area contributed by atoms with E-state index in [9.17, 15) is 5.11 Å². The van der Waals surface area contributed by atoms with Crippen LogP contribution in [0.3, 0.4) is 0 Å². The average Bonchev–Trinajstić information content (AvgIpc) is 2.67. The Morgan fingerprint density at radius 1 is 1.14 bits per heavy atom. The normalized spacial score (nSPS) is 10.4. The van der Waals surface area contributed by atoms with Crippen molar-refractivity contribution in [2.24, 2.45) is 0 Å². The SMILES string of the molecule is Cc1ccc(-c2ccsc2)c(C)c1O. The number of hydrogen-bond donors (Lipinski definition) is 1. The highest BCUT2D eigenvalue weighted by molar-refractivity contribution is 7.08. The van der Waals surface area contributed by atoms with E-state index in [0.717, 1.165) is 16.7 Å². The lowest BCUT2D eigenvalue weighted by Crippen LogP contribution is -1.84. The molecule has 0 spiro atoms. The maximum Gasteiger partial charge on any atom is 0.122 e. The largest absolute Gasteiger partial charge is 0.507 e. The predicted octanol–water partition coefficient (Wildman–Crippen LogP) is 3.74. The summed E-state index contributed by atoms with van der Waals surface area (Å²) in [5.74, 6) is 0.411. The van der Waals surface area contributed by atoms with Gasteiger partial charge >= 0.3 is 0 Å². The zero-order chi connectivity index (χ0) is 10.1. The molecule has 0 aliphatic carbocycles. The van der Waals surface area contributed by atoms with Crippen molar-refractivity contribution in [2.45, 2.75) is 13.8 Å². The molecule has 2 rings (SSSR count). The van der Waals surface area contributed by atoms with Crippen molar-refractivity contribution in [1.29, 1.82) is 0 Å². The average molecular weight is 204 g/mol. The number of benzene rings is 1. The zero-order valence-corrected chi connectivity index (χ0v) is 9.06. The molecule has 0 saturated carbocycles. The third-order valence-electron chi connectivity index (χ3n) is 2.46. The fraction of sp³-hybridized carbons (Fsp3) is 0.167. The lowest BCUT2D eigenvalue weighted by molar-refractivity contribution is 0.467. The summed E-state index contributed by atoms with van der Waals surface area (Å²) in [5, 5.41) is 13.9. The number of phenolic OH excluding ortho intramolecular Hbond substituents is 1. The molecule has 14 heavy (non-hydrogen) atoms. The maximum absolute atomic E-state index is 9.79. The number of rotatable bonds is 1. The van der Waals surface area contributed by atoms with Crippen LogP contribution in [0, 0.1) is 13.8 Å². The summed E-state index contributed by atoms with van der Waals surface area (Å²) in [6, 6.07) is 6.09. The van der Waals surface area contributed by atoms with E-state index in [0.29, 0.717) is 5.75 Å². The minimum atomic E-state index is 0.411. The van der Waals surface area contributed by atoms with E-state index in [2.05, 4.69) is 17.5 Å². The van der Waals surface area contributed by atoms with Gasteiger partial charge < -0.3 is 5.11 Å². The molecule has 0 fully saturated rings. The van der Waals surface area contributed by atoms with Gasteiger partial charge in [-0.25, -0.2) is 0 Å². The number of phenols is 1. The van der Waals surface area contributed by atoms with Gasteiger partial charge in [0.2, 0.25) is 0 Å². The van der Waals surface area contributed by atoms with E-state index < -0.39 is 0 Å². The zero-order valence-electron chi connectivity index (χ0n) is 8.24. The molecule has 1 nitrogen and oxygen atoms in total. The molecule has 0 unspecified atom stereocenters. The number of hydrogen-bond acceptors (Lipinski definition) is 2. The van der Waals surface area contributed by atoms with Crippen LogP contribution >= 0.6 is 11.3 Å². The maximum atomic E-state index is 9.79. The Morgan fingerprint density at radius 2 is 1.93 bits per heavy atom. The topological polar surface area (TPSA) is 20.2 Å². The van der Waals surface area contributed by atoms with Crippen molar-refractivity contribution in [3.05, 3.63) is 40.1 Å². The summed E-state index contributed by atoms with van der Waals surface area (Å²) in [7, 11) is 0. The van der Waals surface area contributed by atoms with Crippen molar-refractivity contribution in [3.63, 3.8) is 0 Å². The molecule has 0 aliphatic rings. The van der Waals surface area contributed by atoms with Crippen molar-refractivity contribution in [1.82, 2.24) is 0 Å². The Morgan fingerprint density at radius 3 is 2.57 bits per heavy atom. The van der Waals surface area contributed by atoms with Gasteiger partial charge in [-0.3, -0.25) is 0 Å². The second kappa shape index (κ2) is 3.46. The van der Waals surface area contributed by atoms with Crippen LogP contribution in [0.15, 0.2) is 29.0 Å². The van der Waals surface area contributed by atoms with Gasteiger partial charge in [-0.15, -0.1) is 0 Å². The van der Waals surface area contributed by atoms with Crippen LogP contribution in [0.1, 0.15) is 11.1 Å². The Bertz CT molecular complexity index is 444. The highest BCUT2D eigenvalue weighted by atomic mass is 32.1. The Hall–Kier alpha value is -1.28. The van der Waals surface area contributed by atoms with Gasteiger partial charge in [-0.2, -0.15) is 11.3 Å². The summed E-state index contributed by atoms with van der Waals surface area (Å²) in [4.78, 5) is 0. The molecule has 1 aromatic carbocycles. The quantitative estimate of drug-likeness (QED) is 0.750. The smallest absolute Gasteiger partial charge is 0.122 e. The van der Waals surface area contributed by atoms with E-state index in [1.807, 2.05) is 25.3 Å². The van der Waals surface area contributed by atoms with E-state index in [1.54, 1.807) is 11.3 Å². The minimum absolute atomic E-state index is 0.411. The van der Waals surface area contributed by atoms with Crippen LogP contribution in [0.2, 0.25) is 0 Å². The first-order valence-corrected chi connectivity index (χ1v) is 5.46. The predicted molar refractivity (Wildman–Crippen MR) is 60.9 cm³/mol. The standard InChI is InChI=1S/C12H12OS/c1-8-3-4-11(9(2)12(8)13)10-5-6-14-7-10/h3-7,13H,1-2H3. The fourth-order valence-corrected chi connectivity index (χ4v) is 2.22. The molecule has 0 saturated heterocycles. The lowest BCUT2D eigenvalue weighted by Gasteiger charge is -2.08. The molecule has 0 radical (unpaired) electrons. The van der Waals surface area contributed by atoms with Crippen LogP contribution < -0.4 is 0 Å². The second-order valence-corrected chi connectivity index (χ2v) is 4.20. The molecule has 0 bridgehead atoms. The Balaban J connectivity index is 2.61. The van der Waals surface area contributed by atoms with Crippen LogP contribution in [-0.2, 0) is 0 Å². The van der Waals surface area contributed by atoms with Crippen LogP contribution in [0.5, 0.6) is 5.75 Å². The summed E-state index contributed by atoms with van der Waals surface area (Å²) >= 11 is 1.67. The van der Waals surface area contributed by atoms with Gasteiger partial charge in [0.05, 0.1) is 0 Å². The highest BCUT2D eigenvalue weighted by Gasteiger charge is 2.07. The molecule has 2 heteroatoms. The van der Waals surface area contributed by atoms with Gasteiger partial charge in [0.15, 0.2) is 0 Å². The van der Waals surface area contributed by atoms with Crippen LogP contribution in [0.4, 0.5) is 0 Å². The Kier molecular flexibility index (Phi) is 2.30. The first-order valence-electron chi connectivity index (χ1n) is 4.52. The van der Waals surface area contributed by atoms with Crippen molar-refractivity contribution in [2.75, 3.05) is 0 Å². The number of aromatic hydroxyl groups is 1.